The van der Waals surface area contributed by atoms with Gasteiger partial charge in [-0.25, -0.2) is 0 Å². The summed E-state index contributed by atoms with van der Waals surface area (Å²) in [6.45, 7) is -0.231. The largest absolute Gasteiger partial charge is 0.495 e. The molecule has 1 N–H and O–H groups in total. The number of amides is 1. The summed E-state index contributed by atoms with van der Waals surface area (Å²) in [5.74, 6) is 0.927. The number of nitrogens with zero attached hydrogens (tertiary/aromatic N) is 2. The van der Waals surface area contributed by atoms with E-state index in [0.29, 0.717) is 28.5 Å². The number of para-hydroxylation sites is 2. The third-order valence-electron chi connectivity index (χ3n) is 3.48. The molecule has 7 heteroatoms. The van der Waals surface area contributed by atoms with Gasteiger partial charge in [-0.05, 0) is 35.9 Å². The van der Waals surface area contributed by atoms with Gasteiger partial charge in [0.1, 0.15) is 23.5 Å². The van der Waals surface area contributed by atoms with Crippen LogP contribution in [0.25, 0.3) is 6.08 Å². The van der Waals surface area contributed by atoms with Crippen LogP contribution in [0.2, 0.25) is 0 Å². The Morgan fingerprint density at radius 3 is 2.41 bits per heavy atom. The number of benzene rings is 2. The third-order valence-corrected chi connectivity index (χ3v) is 3.48. The number of nitrogens with one attached hydrogen (secondary N) is 1. The van der Waals surface area contributed by atoms with Gasteiger partial charge in [-0.1, -0.05) is 18.2 Å². The quantitative estimate of drug-likeness (QED) is 0.758. The van der Waals surface area contributed by atoms with Crippen LogP contribution in [-0.4, -0.2) is 26.7 Å². The Morgan fingerprint density at radius 2 is 1.74 bits per heavy atom. The average molecular weight is 363 g/mol. The molecule has 2 aromatic rings. The number of methoxy groups -OCH3 is 2. The topological polar surface area (TPSA) is 104 Å². The fourth-order valence-electron chi connectivity index (χ4n) is 2.23. The smallest absolute Gasteiger partial charge is 0.262 e. The monoisotopic (exact) mass is 363 g/mol. The maximum absolute atomic E-state index is 12.1. The highest BCUT2D eigenvalue weighted by Gasteiger charge is 2.11. The Hall–Kier alpha value is -3.97. The van der Waals surface area contributed by atoms with Crippen molar-refractivity contribution in [3.05, 3.63) is 53.6 Å². The predicted octanol–water partition coefficient (Wildman–Crippen LogP) is 3.15. The van der Waals surface area contributed by atoms with Crippen LogP contribution in [-0.2, 0) is 4.79 Å². The lowest BCUT2D eigenvalue weighted by atomic mass is 10.1. The minimum absolute atomic E-state index is 0.0260. The van der Waals surface area contributed by atoms with Crippen LogP contribution in [0.1, 0.15) is 5.56 Å². The molecule has 0 aliphatic carbocycles. The van der Waals surface area contributed by atoms with Crippen LogP contribution in [0.4, 0.5) is 5.69 Å². The molecule has 0 atom stereocenters. The first-order valence-electron chi connectivity index (χ1n) is 7.87. The lowest BCUT2D eigenvalue weighted by molar-refractivity contribution is -0.118. The highest BCUT2D eigenvalue weighted by molar-refractivity contribution is 5.93. The van der Waals surface area contributed by atoms with Gasteiger partial charge in [0.2, 0.25) is 0 Å². The van der Waals surface area contributed by atoms with Crippen molar-refractivity contribution in [2.45, 2.75) is 0 Å². The van der Waals surface area contributed by atoms with Crippen LogP contribution < -0.4 is 19.5 Å². The summed E-state index contributed by atoms with van der Waals surface area (Å²) in [5, 5.41) is 20.4. The second kappa shape index (κ2) is 9.50. The number of allylic oxidation sites excluding steroid dienone is 1. The third kappa shape index (κ3) is 5.25. The zero-order valence-corrected chi connectivity index (χ0v) is 14.9. The van der Waals surface area contributed by atoms with Crippen molar-refractivity contribution in [3.8, 4) is 29.4 Å². The second-order valence-electron chi connectivity index (χ2n) is 5.23. The van der Waals surface area contributed by atoms with E-state index in [-0.39, 0.29) is 18.1 Å². The SMILES string of the molecule is COc1ccccc1NC(=O)COc1ccc(C=C(C#N)C#N)cc1OC. The molecule has 0 unspecified atom stereocenters. The fourth-order valence-corrected chi connectivity index (χ4v) is 2.23. The second-order valence-corrected chi connectivity index (χ2v) is 5.23. The lowest BCUT2D eigenvalue weighted by Crippen LogP contribution is -2.20. The maximum atomic E-state index is 12.1. The summed E-state index contributed by atoms with van der Waals surface area (Å²) in [6.07, 6.45) is 1.43. The van der Waals surface area contributed by atoms with E-state index in [1.54, 1.807) is 54.6 Å². The van der Waals surface area contributed by atoms with Gasteiger partial charge in [0.05, 0.1) is 19.9 Å². The van der Waals surface area contributed by atoms with Crippen molar-refractivity contribution in [3.63, 3.8) is 0 Å². The Bertz CT molecular complexity index is 923. The van der Waals surface area contributed by atoms with Gasteiger partial charge < -0.3 is 19.5 Å². The minimum Gasteiger partial charge on any atom is -0.495 e. The molecule has 2 rings (SSSR count). The molecule has 136 valence electrons. The summed E-state index contributed by atoms with van der Waals surface area (Å²) in [4.78, 5) is 12.1. The first-order valence-corrected chi connectivity index (χ1v) is 7.87. The molecule has 27 heavy (non-hydrogen) atoms. The van der Waals surface area contributed by atoms with Crippen molar-refractivity contribution >= 4 is 17.7 Å². The normalized spacial score (nSPS) is 9.33. The molecule has 0 aliphatic rings. The first-order chi connectivity index (χ1) is 13.1. The predicted molar refractivity (Wildman–Crippen MR) is 99.3 cm³/mol. The number of hydrogen-bond acceptors (Lipinski definition) is 6. The van der Waals surface area contributed by atoms with Gasteiger partial charge in [-0.3, -0.25) is 4.79 Å². The molecular weight excluding hydrogens is 346 g/mol. The zero-order chi connectivity index (χ0) is 19.6. The molecule has 0 bridgehead atoms. The van der Waals surface area contributed by atoms with Crippen LogP contribution in [0.5, 0.6) is 17.2 Å². The number of ether oxygens (including phenoxy) is 3. The van der Waals surface area contributed by atoms with Crippen molar-refractivity contribution < 1.29 is 19.0 Å². The average Bonchev–Trinajstić information content (AvgIpc) is 2.71. The van der Waals surface area contributed by atoms with Gasteiger partial charge >= 0.3 is 0 Å². The van der Waals surface area contributed by atoms with E-state index in [4.69, 9.17) is 24.7 Å². The number of rotatable bonds is 7. The van der Waals surface area contributed by atoms with Crippen LogP contribution >= 0.6 is 0 Å². The summed E-state index contributed by atoms with van der Waals surface area (Å²) in [6, 6.07) is 15.5. The van der Waals surface area contributed by atoms with E-state index in [9.17, 15) is 4.79 Å². The molecule has 1 amide bonds. The molecule has 0 fully saturated rings. The van der Waals surface area contributed by atoms with Gasteiger partial charge in [0, 0.05) is 0 Å². The van der Waals surface area contributed by atoms with Crippen LogP contribution in [0.3, 0.4) is 0 Å². The first kappa shape index (κ1) is 19.4. The van der Waals surface area contributed by atoms with Crippen molar-refractivity contribution in [1.29, 1.82) is 10.5 Å². The van der Waals surface area contributed by atoms with Crippen molar-refractivity contribution in [2.75, 3.05) is 26.1 Å². The van der Waals surface area contributed by atoms with E-state index in [1.807, 2.05) is 0 Å². The number of nitriles is 2. The van der Waals surface area contributed by atoms with Crippen molar-refractivity contribution in [2.24, 2.45) is 0 Å². The van der Waals surface area contributed by atoms with E-state index < -0.39 is 0 Å². The van der Waals surface area contributed by atoms with Gasteiger partial charge in [-0.15, -0.1) is 0 Å². The molecule has 0 aromatic heterocycles. The van der Waals surface area contributed by atoms with E-state index in [1.165, 1.54) is 20.3 Å². The molecule has 0 saturated carbocycles. The Balaban J connectivity index is 2.07. The number of carbonyl (C=O) groups excluding carboxylic acids is 1. The molecule has 2 aromatic carbocycles. The fraction of sp³-hybridized carbons (Fsp3) is 0.150. The molecule has 7 nitrogen and oxygen atoms in total. The van der Waals surface area contributed by atoms with Crippen LogP contribution in [0, 0.1) is 22.7 Å². The zero-order valence-electron chi connectivity index (χ0n) is 14.9. The molecule has 0 aliphatic heterocycles. The minimum atomic E-state index is -0.359. The molecule has 0 radical (unpaired) electrons. The molecular formula is C20H17N3O4. The van der Waals surface area contributed by atoms with E-state index in [0.717, 1.165) is 0 Å². The molecule has 0 spiro atoms. The molecule has 0 heterocycles. The summed E-state index contributed by atoms with van der Waals surface area (Å²) < 4.78 is 16.0. The van der Waals surface area contributed by atoms with E-state index in [2.05, 4.69) is 5.32 Å². The highest BCUT2D eigenvalue weighted by atomic mass is 16.5. The van der Waals surface area contributed by atoms with Gasteiger partial charge in [0.15, 0.2) is 18.1 Å². The van der Waals surface area contributed by atoms with Crippen LogP contribution in [0.15, 0.2) is 48.0 Å². The Morgan fingerprint density at radius 1 is 1.04 bits per heavy atom. The van der Waals surface area contributed by atoms with Crippen molar-refractivity contribution in [1.82, 2.24) is 0 Å². The summed E-state index contributed by atoms with van der Waals surface area (Å²) in [5.41, 5.74) is 1.12. The van der Waals surface area contributed by atoms with Gasteiger partial charge in [0.25, 0.3) is 5.91 Å². The van der Waals surface area contributed by atoms with E-state index >= 15 is 0 Å². The number of carbonyl (C=O) groups is 1. The number of hydrogen-bond donors (Lipinski definition) is 1. The number of anilines is 1. The summed E-state index contributed by atoms with van der Waals surface area (Å²) in [7, 11) is 2.98. The Kier molecular flexibility index (Phi) is 6.81. The highest BCUT2D eigenvalue weighted by Crippen LogP contribution is 2.29. The standard InChI is InChI=1S/C20H17N3O4/c1-25-17-6-4-3-5-16(17)23-20(24)13-27-18-8-7-14(10-19(18)26-2)9-15(11-21)12-22/h3-10H,13H2,1-2H3,(H,23,24). The van der Waals surface area contributed by atoms with Gasteiger partial charge in [-0.2, -0.15) is 10.5 Å². The maximum Gasteiger partial charge on any atom is 0.262 e. The lowest BCUT2D eigenvalue weighted by Gasteiger charge is -2.12. The molecule has 0 saturated heterocycles. The Labute approximate surface area is 157 Å². The summed E-state index contributed by atoms with van der Waals surface area (Å²) >= 11 is 0.